The summed E-state index contributed by atoms with van der Waals surface area (Å²) >= 11 is 0. The first-order chi connectivity index (χ1) is 18.5. The van der Waals surface area contributed by atoms with Crippen molar-refractivity contribution in [1.82, 2.24) is 30.1 Å². The van der Waals surface area contributed by atoms with Crippen LogP contribution in [0.3, 0.4) is 0 Å². The van der Waals surface area contributed by atoms with Gasteiger partial charge in [-0.1, -0.05) is 30.9 Å². The minimum atomic E-state index is -0.365. The summed E-state index contributed by atoms with van der Waals surface area (Å²) < 4.78 is 15.5. The number of pyridine rings is 1. The maximum absolute atomic E-state index is 13.6. The third-order valence-corrected chi connectivity index (χ3v) is 8.17. The van der Waals surface area contributed by atoms with Crippen LogP contribution < -0.4 is 10.5 Å². The fraction of sp³-hybridized carbons (Fsp3) is 0.448. The number of hydrogen-bond acceptors (Lipinski definition) is 6. The van der Waals surface area contributed by atoms with Crippen LogP contribution in [0.5, 0.6) is 0 Å². The molecule has 4 aromatic rings. The van der Waals surface area contributed by atoms with Gasteiger partial charge in [0, 0.05) is 37.4 Å². The van der Waals surface area contributed by atoms with Gasteiger partial charge in [0.15, 0.2) is 5.82 Å². The number of nitrogens with zero attached hydrogens (tertiary/aromatic N) is 6. The Morgan fingerprint density at radius 1 is 0.974 bits per heavy atom. The first kappa shape index (κ1) is 24.7. The lowest BCUT2D eigenvalue weighted by Crippen LogP contribution is -2.49. The van der Waals surface area contributed by atoms with Gasteiger partial charge >= 0.3 is 0 Å². The summed E-state index contributed by atoms with van der Waals surface area (Å²) in [5, 5.41) is 14.1. The van der Waals surface area contributed by atoms with E-state index in [0.29, 0.717) is 5.56 Å². The van der Waals surface area contributed by atoms with Gasteiger partial charge in [-0.05, 0) is 84.5 Å². The van der Waals surface area contributed by atoms with Crippen LogP contribution in [0.15, 0.2) is 47.3 Å². The normalized spacial score (nSPS) is 18.2. The molecule has 0 bridgehead atoms. The van der Waals surface area contributed by atoms with Gasteiger partial charge in [-0.25, -0.2) is 9.07 Å². The molecule has 0 radical (unpaired) electrons. The zero-order valence-electron chi connectivity index (χ0n) is 22.0. The van der Waals surface area contributed by atoms with Crippen molar-refractivity contribution in [2.75, 3.05) is 31.1 Å². The second kappa shape index (κ2) is 10.3. The summed E-state index contributed by atoms with van der Waals surface area (Å²) in [6.07, 6.45) is 5.68. The maximum Gasteiger partial charge on any atom is 0.253 e. The van der Waals surface area contributed by atoms with Gasteiger partial charge < -0.3 is 9.88 Å². The average molecular weight is 516 g/mol. The molecule has 8 nitrogen and oxygen atoms in total. The summed E-state index contributed by atoms with van der Waals surface area (Å²) in [4.78, 5) is 21.4. The number of rotatable bonds is 5. The topological polar surface area (TPSA) is 82.9 Å². The number of hydrogen-bond donors (Lipinski definition) is 1. The first-order valence-corrected chi connectivity index (χ1v) is 13.6. The van der Waals surface area contributed by atoms with Crippen LogP contribution in [0.25, 0.3) is 10.9 Å². The molecule has 38 heavy (non-hydrogen) atoms. The van der Waals surface area contributed by atoms with E-state index in [1.165, 1.54) is 31.4 Å². The molecule has 1 unspecified atom stereocenters. The third-order valence-electron chi connectivity index (χ3n) is 8.17. The number of fused-ring (bicyclic) bond motifs is 1. The van der Waals surface area contributed by atoms with Gasteiger partial charge in [-0.3, -0.25) is 9.69 Å². The molecule has 2 aliphatic rings. The van der Waals surface area contributed by atoms with E-state index in [1.807, 2.05) is 29.8 Å². The van der Waals surface area contributed by atoms with Gasteiger partial charge in [0.1, 0.15) is 11.9 Å². The Kier molecular flexibility index (Phi) is 6.69. The van der Waals surface area contributed by atoms with Crippen molar-refractivity contribution >= 4 is 16.6 Å². The van der Waals surface area contributed by atoms with Crippen molar-refractivity contribution in [2.45, 2.75) is 58.0 Å². The molecule has 3 heterocycles. The number of piperazine rings is 1. The highest BCUT2D eigenvalue weighted by Gasteiger charge is 2.34. The van der Waals surface area contributed by atoms with Gasteiger partial charge in [0.05, 0.1) is 11.6 Å². The fourth-order valence-corrected chi connectivity index (χ4v) is 6.26. The molecule has 1 aliphatic carbocycles. The number of nitrogens with one attached hydrogen (secondary N) is 1. The molecule has 1 saturated carbocycles. The highest BCUT2D eigenvalue weighted by atomic mass is 19.1. The Labute approximate surface area is 221 Å². The number of benzene rings is 2. The second-order valence-corrected chi connectivity index (χ2v) is 10.8. The Morgan fingerprint density at radius 2 is 1.71 bits per heavy atom. The molecule has 0 amide bonds. The number of aromatic nitrogens is 5. The minimum Gasteiger partial charge on any atom is -0.369 e. The highest BCUT2D eigenvalue weighted by Crippen LogP contribution is 2.34. The van der Waals surface area contributed by atoms with Gasteiger partial charge in [0.2, 0.25) is 0 Å². The lowest BCUT2D eigenvalue weighted by Gasteiger charge is -2.40. The minimum absolute atomic E-state index is 0.103. The number of aryl methyl sites for hydroxylation is 2. The number of halogens is 1. The zero-order valence-corrected chi connectivity index (χ0v) is 22.0. The van der Waals surface area contributed by atoms with Crippen molar-refractivity contribution in [3.63, 3.8) is 0 Å². The lowest BCUT2D eigenvalue weighted by atomic mass is 9.95. The predicted molar refractivity (Wildman–Crippen MR) is 146 cm³/mol. The van der Waals surface area contributed by atoms with Crippen molar-refractivity contribution in [1.29, 1.82) is 0 Å². The molecular formula is C29H34FN7O. The van der Waals surface area contributed by atoms with E-state index in [-0.39, 0.29) is 23.5 Å². The van der Waals surface area contributed by atoms with Crippen LogP contribution in [0, 0.1) is 19.7 Å². The maximum atomic E-state index is 13.6. The Bertz CT molecular complexity index is 1480. The van der Waals surface area contributed by atoms with E-state index in [9.17, 15) is 9.18 Å². The van der Waals surface area contributed by atoms with Crippen molar-refractivity contribution in [2.24, 2.45) is 0 Å². The monoisotopic (exact) mass is 515 g/mol. The van der Waals surface area contributed by atoms with Crippen molar-refractivity contribution in [3.8, 4) is 0 Å². The van der Waals surface area contributed by atoms with Crippen molar-refractivity contribution < 1.29 is 4.39 Å². The van der Waals surface area contributed by atoms with E-state index in [4.69, 9.17) is 0 Å². The summed E-state index contributed by atoms with van der Waals surface area (Å²) in [7, 11) is 0. The molecule has 2 fully saturated rings. The number of anilines is 1. The largest absolute Gasteiger partial charge is 0.369 e. The molecule has 1 saturated heterocycles. The molecular weight excluding hydrogens is 481 g/mol. The standard InChI is InChI=1S/C29H34FN7O/c1-19-16-20(2)26-21(17-19)18-25(29(38)31-26)27(28-32-33-34-37(28)24-6-4-3-5-7-24)36-14-12-35(13-15-36)23-10-8-22(30)9-11-23/h8-11,16-18,24,27H,3-7,12-15H2,1-2H3,(H,31,38). The summed E-state index contributed by atoms with van der Waals surface area (Å²) in [6.45, 7) is 7.08. The summed E-state index contributed by atoms with van der Waals surface area (Å²) in [5.74, 6) is 0.504. The van der Waals surface area contributed by atoms with Crippen LogP contribution >= 0.6 is 0 Å². The number of aromatic amines is 1. The molecule has 6 rings (SSSR count). The molecule has 198 valence electrons. The van der Waals surface area contributed by atoms with Gasteiger partial charge in [-0.15, -0.1) is 5.10 Å². The number of H-pyrrole nitrogens is 1. The van der Waals surface area contributed by atoms with E-state index in [2.05, 4.69) is 49.4 Å². The molecule has 1 aliphatic heterocycles. The lowest BCUT2D eigenvalue weighted by molar-refractivity contribution is 0.192. The van der Waals surface area contributed by atoms with Crippen LogP contribution in [-0.4, -0.2) is 56.3 Å². The molecule has 2 aromatic heterocycles. The van der Waals surface area contributed by atoms with Gasteiger partial charge in [-0.2, -0.15) is 0 Å². The first-order valence-electron chi connectivity index (χ1n) is 13.6. The highest BCUT2D eigenvalue weighted by molar-refractivity contribution is 5.83. The van der Waals surface area contributed by atoms with Crippen LogP contribution in [0.1, 0.15) is 66.7 Å². The van der Waals surface area contributed by atoms with Crippen LogP contribution in [-0.2, 0) is 0 Å². The van der Waals surface area contributed by atoms with Crippen molar-refractivity contribution in [3.05, 3.63) is 81.2 Å². The quantitative estimate of drug-likeness (QED) is 0.415. The van der Waals surface area contributed by atoms with E-state index >= 15 is 0 Å². The molecule has 0 spiro atoms. The average Bonchev–Trinajstić information content (AvgIpc) is 3.40. The van der Waals surface area contributed by atoms with E-state index in [0.717, 1.165) is 72.6 Å². The molecule has 1 atom stereocenters. The fourth-order valence-electron chi connectivity index (χ4n) is 6.26. The second-order valence-electron chi connectivity index (χ2n) is 10.8. The van der Waals surface area contributed by atoms with Crippen LogP contribution in [0.4, 0.5) is 10.1 Å². The Balaban J connectivity index is 1.40. The van der Waals surface area contributed by atoms with Gasteiger partial charge in [0.25, 0.3) is 5.56 Å². The molecule has 1 N–H and O–H groups in total. The smallest absolute Gasteiger partial charge is 0.253 e. The van der Waals surface area contributed by atoms with E-state index in [1.54, 1.807) is 0 Å². The summed E-state index contributed by atoms with van der Waals surface area (Å²) in [6, 6.07) is 12.8. The molecule has 9 heteroatoms. The predicted octanol–water partition coefficient (Wildman–Crippen LogP) is 4.69. The molecule has 2 aromatic carbocycles. The number of tetrazole rings is 1. The zero-order chi connectivity index (χ0) is 26.2. The van der Waals surface area contributed by atoms with Crippen LogP contribution in [0.2, 0.25) is 0 Å². The Morgan fingerprint density at radius 3 is 2.45 bits per heavy atom. The third kappa shape index (κ3) is 4.71. The SMILES string of the molecule is Cc1cc(C)c2[nH]c(=O)c(C(c3nnnn3C3CCCCC3)N3CCN(c4ccc(F)cc4)CC3)cc2c1. The summed E-state index contributed by atoms with van der Waals surface area (Å²) in [5.41, 5.74) is 4.66. The van der Waals surface area contributed by atoms with E-state index < -0.39 is 0 Å². The Hall–Kier alpha value is -3.59.